The average Bonchev–Trinajstić information content (AvgIpc) is 2.27. The molecule has 0 bridgehead atoms. The Labute approximate surface area is 111 Å². The van der Waals surface area contributed by atoms with Crippen LogP contribution >= 0.6 is 0 Å². The summed E-state index contributed by atoms with van der Waals surface area (Å²) in [5, 5.41) is 0. The van der Waals surface area contributed by atoms with Crippen molar-refractivity contribution in [1.29, 1.82) is 0 Å². The van der Waals surface area contributed by atoms with Gasteiger partial charge in [0.05, 0.1) is 0 Å². The SMILES string of the molecule is CCCCCCCCCC(CCC)O[Si](C)C. The minimum Gasteiger partial charge on any atom is -0.414 e. The maximum Gasteiger partial charge on any atom is 0.205 e. The second kappa shape index (κ2) is 12.6. The fourth-order valence-corrected chi connectivity index (χ4v) is 3.15. The van der Waals surface area contributed by atoms with Crippen LogP contribution in [0.1, 0.15) is 78.1 Å². The average molecular weight is 258 g/mol. The molecule has 0 aromatic heterocycles. The molecule has 103 valence electrons. The molecule has 1 radical (unpaired) electrons. The van der Waals surface area contributed by atoms with Crippen LogP contribution < -0.4 is 0 Å². The van der Waals surface area contributed by atoms with E-state index in [0.717, 1.165) is 0 Å². The molecule has 0 spiro atoms. The van der Waals surface area contributed by atoms with Gasteiger partial charge in [0.15, 0.2) is 0 Å². The van der Waals surface area contributed by atoms with Gasteiger partial charge in [-0.05, 0) is 25.9 Å². The zero-order valence-electron chi connectivity index (χ0n) is 12.6. The van der Waals surface area contributed by atoms with Crippen LogP contribution in [0.5, 0.6) is 0 Å². The van der Waals surface area contributed by atoms with Gasteiger partial charge in [0.2, 0.25) is 9.04 Å². The summed E-state index contributed by atoms with van der Waals surface area (Å²) in [6.07, 6.45) is 14.2. The number of unbranched alkanes of at least 4 members (excludes halogenated alkanes) is 6. The number of rotatable bonds is 12. The Morgan fingerprint density at radius 3 is 1.88 bits per heavy atom. The predicted molar refractivity (Wildman–Crippen MR) is 79.9 cm³/mol. The van der Waals surface area contributed by atoms with E-state index in [1.807, 2.05) is 0 Å². The smallest absolute Gasteiger partial charge is 0.205 e. The first-order chi connectivity index (χ1) is 8.20. The molecule has 0 saturated carbocycles. The van der Waals surface area contributed by atoms with Crippen LogP contribution in [0.15, 0.2) is 0 Å². The van der Waals surface area contributed by atoms with Gasteiger partial charge in [-0.15, -0.1) is 0 Å². The molecular formula is C15H33OSi. The third-order valence-corrected chi connectivity index (χ3v) is 3.95. The monoisotopic (exact) mass is 257 g/mol. The molecule has 1 nitrogen and oxygen atoms in total. The van der Waals surface area contributed by atoms with Gasteiger partial charge in [-0.1, -0.05) is 65.2 Å². The highest BCUT2D eigenvalue weighted by atomic mass is 28.3. The zero-order chi connectivity index (χ0) is 12.9. The van der Waals surface area contributed by atoms with Crippen molar-refractivity contribution in [2.75, 3.05) is 0 Å². The summed E-state index contributed by atoms with van der Waals surface area (Å²) in [7, 11) is -0.509. The third-order valence-electron chi connectivity index (χ3n) is 3.14. The molecule has 0 aliphatic carbocycles. The van der Waals surface area contributed by atoms with Crippen LogP contribution in [-0.2, 0) is 4.43 Å². The van der Waals surface area contributed by atoms with Crippen molar-refractivity contribution < 1.29 is 4.43 Å². The molecule has 0 aliphatic rings. The largest absolute Gasteiger partial charge is 0.414 e. The number of hydrogen-bond donors (Lipinski definition) is 0. The van der Waals surface area contributed by atoms with Crippen LogP contribution in [0.2, 0.25) is 13.1 Å². The van der Waals surface area contributed by atoms with E-state index >= 15 is 0 Å². The van der Waals surface area contributed by atoms with Gasteiger partial charge < -0.3 is 4.43 Å². The summed E-state index contributed by atoms with van der Waals surface area (Å²) in [5.74, 6) is 0. The van der Waals surface area contributed by atoms with Crippen LogP contribution in [0.25, 0.3) is 0 Å². The van der Waals surface area contributed by atoms with E-state index in [0.29, 0.717) is 6.10 Å². The number of hydrogen-bond acceptors (Lipinski definition) is 1. The minimum absolute atomic E-state index is 0.509. The van der Waals surface area contributed by atoms with Gasteiger partial charge in [-0.2, -0.15) is 0 Å². The summed E-state index contributed by atoms with van der Waals surface area (Å²) in [5.41, 5.74) is 0. The second-order valence-electron chi connectivity index (χ2n) is 5.35. The van der Waals surface area contributed by atoms with Crippen LogP contribution in [0, 0.1) is 0 Å². The Bertz CT molecular complexity index is 148. The van der Waals surface area contributed by atoms with E-state index in [2.05, 4.69) is 26.9 Å². The van der Waals surface area contributed by atoms with E-state index < -0.39 is 9.04 Å². The standard InChI is InChI=1S/C15H33OSi/c1-5-7-8-9-10-11-12-14-15(13-6-2)16-17(3)4/h15H,5-14H2,1-4H3. The van der Waals surface area contributed by atoms with Crippen molar-refractivity contribution in [1.82, 2.24) is 0 Å². The zero-order valence-corrected chi connectivity index (χ0v) is 13.6. The van der Waals surface area contributed by atoms with Crippen molar-refractivity contribution >= 4 is 9.04 Å². The summed E-state index contributed by atoms with van der Waals surface area (Å²) in [4.78, 5) is 0. The molecule has 17 heavy (non-hydrogen) atoms. The van der Waals surface area contributed by atoms with E-state index in [-0.39, 0.29) is 0 Å². The first kappa shape index (κ1) is 17.2. The maximum atomic E-state index is 6.04. The second-order valence-corrected chi connectivity index (χ2v) is 7.40. The Morgan fingerprint density at radius 1 is 0.765 bits per heavy atom. The summed E-state index contributed by atoms with van der Waals surface area (Å²) in [6.45, 7) is 9.04. The van der Waals surface area contributed by atoms with Crippen molar-refractivity contribution in [3.05, 3.63) is 0 Å². The highest BCUT2D eigenvalue weighted by Gasteiger charge is 2.10. The van der Waals surface area contributed by atoms with Gasteiger partial charge in [0.1, 0.15) is 0 Å². The van der Waals surface area contributed by atoms with Gasteiger partial charge in [-0.3, -0.25) is 0 Å². The summed E-state index contributed by atoms with van der Waals surface area (Å²) in [6, 6.07) is 0. The molecule has 1 unspecified atom stereocenters. The molecule has 0 fully saturated rings. The normalized spacial score (nSPS) is 13.2. The van der Waals surface area contributed by atoms with Crippen molar-refractivity contribution in [2.24, 2.45) is 0 Å². The van der Waals surface area contributed by atoms with Gasteiger partial charge >= 0.3 is 0 Å². The Hall–Kier alpha value is 0.177. The molecule has 0 aliphatic heterocycles. The lowest BCUT2D eigenvalue weighted by atomic mass is 10.0. The van der Waals surface area contributed by atoms with Crippen LogP contribution in [0.4, 0.5) is 0 Å². The molecule has 0 aromatic rings. The van der Waals surface area contributed by atoms with Crippen molar-refractivity contribution in [3.8, 4) is 0 Å². The van der Waals surface area contributed by atoms with Gasteiger partial charge in [-0.25, -0.2) is 0 Å². The Kier molecular flexibility index (Phi) is 12.8. The van der Waals surface area contributed by atoms with E-state index in [1.165, 1.54) is 64.2 Å². The van der Waals surface area contributed by atoms with E-state index in [9.17, 15) is 0 Å². The topological polar surface area (TPSA) is 9.23 Å². The molecule has 1 atom stereocenters. The first-order valence-electron chi connectivity index (χ1n) is 7.67. The molecule has 0 rings (SSSR count). The fourth-order valence-electron chi connectivity index (χ4n) is 2.25. The van der Waals surface area contributed by atoms with E-state index in [1.54, 1.807) is 0 Å². The quantitative estimate of drug-likeness (QED) is 0.328. The molecule has 0 saturated heterocycles. The summed E-state index contributed by atoms with van der Waals surface area (Å²) >= 11 is 0. The minimum atomic E-state index is -0.509. The third kappa shape index (κ3) is 12.4. The molecular weight excluding hydrogens is 224 g/mol. The van der Waals surface area contributed by atoms with E-state index in [4.69, 9.17) is 4.43 Å². The predicted octanol–water partition coefficient (Wildman–Crippen LogP) is 5.56. The lowest BCUT2D eigenvalue weighted by Crippen LogP contribution is -2.20. The summed E-state index contributed by atoms with van der Waals surface area (Å²) < 4.78 is 6.04. The van der Waals surface area contributed by atoms with Gasteiger partial charge in [0.25, 0.3) is 0 Å². The fraction of sp³-hybridized carbons (Fsp3) is 1.00. The maximum absolute atomic E-state index is 6.04. The molecule has 0 amide bonds. The highest BCUT2D eigenvalue weighted by Crippen LogP contribution is 2.15. The van der Waals surface area contributed by atoms with Crippen molar-refractivity contribution in [3.63, 3.8) is 0 Å². The first-order valence-corrected chi connectivity index (χ1v) is 10.1. The molecule has 0 N–H and O–H groups in total. The molecule has 0 heterocycles. The van der Waals surface area contributed by atoms with Crippen molar-refractivity contribution in [2.45, 2.75) is 97.3 Å². The Balaban J connectivity index is 3.40. The lowest BCUT2D eigenvalue weighted by molar-refractivity contribution is 0.178. The Morgan fingerprint density at radius 2 is 1.35 bits per heavy atom. The molecule has 0 aromatic carbocycles. The molecule has 2 heteroatoms. The van der Waals surface area contributed by atoms with Crippen LogP contribution in [-0.4, -0.2) is 15.1 Å². The van der Waals surface area contributed by atoms with Gasteiger partial charge in [0, 0.05) is 6.10 Å². The highest BCUT2D eigenvalue weighted by molar-refractivity contribution is 6.48. The lowest BCUT2D eigenvalue weighted by Gasteiger charge is -2.19. The van der Waals surface area contributed by atoms with Crippen LogP contribution in [0.3, 0.4) is 0 Å².